The van der Waals surface area contributed by atoms with E-state index in [1.54, 1.807) is 13.8 Å². The van der Waals surface area contributed by atoms with Gasteiger partial charge in [-0.2, -0.15) is 17.9 Å². The summed E-state index contributed by atoms with van der Waals surface area (Å²) in [5.74, 6) is -1.36. The Morgan fingerprint density at radius 2 is 1.96 bits per heavy atom. The fraction of sp³-hybridized carbons (Fsp3) is 0.462. The van der Waals surface area contributed by atoms with E-state index < -0.39 is 49.5 Å². The number of halogens is 4. The summed E-state index contributed by atoms with van der Waals surface area (Å²) >= 11 is 5.70. The molecule has 1 rings (SSSR count). The average Bonchev–Trinajstić information content (AvgIpc) is 2.42. The lowest BCUT2D eigenvalue weighted by Crippen LogP contribution is -2.48. The number of primary amides is 1. The Labute approximate surface area is 137 Å². The molecule has 130 valence electrons. The van der Waals surface area contributed by atoms with E-state index in [2.05, 4.69) is 0 Å². The maximum absolute atomic E-state index is 12.7. The highest BCUT2D eigenvalue weighted by atomic mass is 35.5. The molecule has 0 bridgehead atoms. The molecule has 1 aromatic rings. The molecule has 0 fully saturated rings. The third kappa shape index (κ3) is 4.82. The van der Waals surface area contributed by atoms with Crippen molar-refractivity contribution in [3.63, 3.8) is 0 Å². The molecule has 2 atom stereocenters. The van der Waals surface area contributed by atoms with Crippen molar-refractivity contribution in [2.24, 2.45) is 11.7 Å². The van der Waals surface area contributed by atoms with E-state index in [0.717, 1.165) is 6.07 Å². The number of carbonyl (C=O) groups excluding carboxylic acids is 1. The number of sulfonamides is 1. The Kier molecular flexibility index (Phi) is 6.06. The van der Waals surface area contributed by atoms with E-state index in [0.29, 0.717) is 18.6 Å². The van der Waals surface area contributed by atoms with Crippen molar-refractivity contribution in [3.8, 4) is 0 Å². The van der Waals surface area contributed by atoms with E-state index in [1.165, 1.54) is 0 Å². The summed E-state index contributed by atoms with van der Waals surface area (Å²) in [6.45, 7) is 3.30. The van der Waals surface area contributed by atoms with E-state index in [4.69, 9.17) is 17.3 Å². The van der Waals surface area contributed by atoms with Gasteiger partial charge in [-0.25, -0.2) is 8.42 Å². The normalized spacial score (nSPS) is 15.2. The molecule has 0 saturated carbocycles. The van der Waals surface area contributed by atoms with Gasteiger partial charge in [-0.1, -0.05) is 31.9 Å². The fourth-order valence-electron chi connectivity index (χ4n) is 1.81. The third-order valence-electron chi connectivity index (χ3n) is 3.35. The zero-order chi connectivity index (χ0) is 18.0. The van der Waals surface area contributed by atoms with Crippen molar-refractivity contribution >= 4 is 27.5 Å². The van der Waals surface area contributed by atoms with E-state index >= 15 is 0 Å². The highest BCUT2D eigenvalue weighted by Crippen LogP contribution is 2.33. The van der Waals surface area contributed by atoms with Crippen molar-refractivity contribution in [2.45, 2.75) is 37.4 Å². The minimum atomic E-state index is -4.73. The molecule has 0 spiro atoms. The van der Waals surface area contributed by atoms with Crippen LogP contribution in [0.4, 0.5) is 13.2 Å². The van der Waals surface area contributed by atoms with E-state index in [9.17, 15) is 26.4 Å². The molecule has 0 aliphatic carbocycles. The highest BCUT2D eigenvalue weighted by molar-refractivity contribution is 7.89. The standard InChI is InChI=1S/C13H16ClF3N2O3S/c1-3-7(2)11(12(18)20)19-23(21,22)10-6-8(13(15,16)17)4-5-9(10)14/h4-7,11,19H,3H2,1-2H3,(H2,18,20). The van der Waals surface area contributed by atoms with Crippen LogP contribution >= 0.6 is 11.6 Å². The monoisotopic (exact) mass is 372 g/mol. The van der Waals surface area contributed by atoms with Gasteiger partial charge in [-0.05, 0) is 24.1 Å². The summed E-state index contributed by atoms with van der Waals surface area (Å²) < 4.78 is 64.8. The predicted octanol–water partition coefficient (Wildman–Crippen LogP) is 2.54. The SMILES string of the molecule is CCC(C)C(NS(=O)(=O)c1cc(C(F)(F)F)ccc1Cl)C(N)=O. The lowest BCUT2D eigenvalue weighted by molar-refractivity contribution is -0.137. The van der Waals surface area contributed by atoms with Crippen LogP contribution in [-0.2, 0) is 21.0 Å². The minimum absolute atomic E-state index is 0.391. The molecule has 23 heavy (non-hydrogen) atoms. The van der Waals surface area contributed by atoms with Crippen LogP contribution in [0.2, 0.25) is 5.02 Å². The number of alkyl halides is 3. The summed E-state index contributed by atoms with van der Waals surface area (Å²) in [5, 5.41) is -0.391. The number of carbonyl (C=O) groups is 1. The first-order chi connectivity index (χ1) is 10.4. The second kappa shape index (κ2) is 7.06. The number of benzene rings is 1. The van der Waals surface area contributed by atoms with Crippen LogP contribution in [0.5, 0.6) is 0 Å². The molecule has 1 aromatic carbocycles. The van der Waals surface area contributed by atoms with Gasteiger partial charge >= 0.3 is 6.18 Å². The van der Waals surface area contributed by atoms with Crippen LogP contribution in [-0.4, -0.2) is 20.4 Å². The predicted molar refractivity (Wildman–Crippen MR) is 79.2 cm³/mol. The molecule has 5 nitrogen and oxygen atoms in total. The Hall–Kier alpha value is -1.32. The molecule has 2 unspecified atom stereocenters. The minimum Gasteiger partial charge on any atom is -0.368 e. The molecular weight excluding hydrogens is 357 g/mol. The summed E-state index contributed by atoms with van der Waals surface area (Å²) in [6, 6.07) is 0.665. The van der Waals surface area contributed by atoms with Gasteiger partial charge in [0, 0.05) is 0 Å². The van der Waals surface area contributed by atoms with Crippen LogP contribution < -0.4 is 10.5 Å². The molecule has 0 aromatic heterocycles. The van der Waals surface area contributed by atoms with Gasteiger partial charge in [0.25, 0.3) is 0 Å². The highest BCUT2D eigenvalue weighted by Gasteiger charge is 2.34. The maximum atomic E-state index is 12.7. The largest absolute Gasteiger partial charge is 0.416 e. The summed E-state index contributed by atoms with van der Waals surface area (Å²) in [5.41, 5.74) is 3.99. The smallest absolute Gasteiger partial charge is 0.368 e. The van der Waals surface area contributed by atoms with Crippen LogP contribution in [0, 0.1) is 5.92 Å². The number of nitrogens with two attached hydrogens (primary N) is 1. The second-order valence-electron chi connectivity index (χ2n) is 5.03. The molecule has 1 amide bonds. The molecule has 0 aliphatic heterocycles. The van der Waals surface area contributed by atoms with Gasteiger partial charge in [-0.3, -0.25) is 4.79 Å². The van der Waals surface area contributed by atoms with E-state index in [1.807, 2.05) is 4.72 Å². The summed E-state index contributed by atoms with van der Waals surface area (Å²) in [4.78, 5) is 10.6. The first kappa shape index (κ1) is 19.7. The molecule has 0 aliphatic rings. The van der Waals surface area contributed by atoms with Gasteiger partial charge < -0.3 is 5.73 Å². The Balaban J connectivity index is 3.30. The molecule has 0 saturated heterocycles. The van der Waals surface area contributed by atoms with Gasteiger partial charge in [0.2, 0.25) is 15.9 Å². The Morgan fingerprint density at radius 1 is 1.39 bits per heavy atom. The van der Waals surface area contributed by atoms with Crippen LogP contribution in [0.3, 0.4) is 0 Å². The van der Waals surface area contributed by atoms with Crippen molar-refractivity contribution in [1.29, 1.82) is 0 Å². The van der Waals surface area contributed by atoms with E-state index in [-0.39, 0.29) is 0 Å². The zero-order valence-corrected chi connectivity index (χ0v) is 13.9. The Morgan fingerprint density at radius 3 is 2.39 bits per heavy atom. The number of rotatable bonds is 6. The lowest BCUT2D eigenvalue weighted by Gasteiger charge is -2.21. The number of hydrogen-bond acceptors (Lipinski definition) is 3. The molecule has 10 heteroatoms. The van der Waals surface area contributed by atoms with Gasteiger partial charge in [-0.15, -0.1) is 0 Å². The van der Waals surface area contributed by atoms with Crippen LogP contribution in [0.25, 0.3) is 0 Å². The Bertz CT molecular complexity index is 692. The van der Waals surface area contributed by atoms with Gasteiger partial charge in [0.1, 0.15) is 10.9 Å². The summed E-state index contributed by atoms with van der Waals surface area (Å²) in [6.07, 6.45) is -4.29. The molecular formula is C13H16ClF3N2O3S. The van der Waals surface area contributed by atoms with Crippen molar-refractivity contribution < 1.29 is 26.4 Å². The second-order valence-corrected chi connectivity index (χ2v) is 7.12. The quantitative estimate of drug-likeness (QED) is 0.804. The van der Waals surface area contributed by atoms with Crippen molar-refractivity contribution in [2.75, 3.05) is 0 Å². The number of amides is 1. The number of nitrogens with one attached hydrogen (secondary N) is 1. The van der Waals surface area contributed by atoms with Gasteiger partial charge in [0.15, 0.2) is 0 Å². The molecule has 0 radical (unpaired) electrons. The summed E-state index contributed by atoms with van der Waals surface area (Å²) in [7, 11) is -4.46. The molecule has 0 heterocycles. The molecule has 3 N–H and O–H groups in total. The average molecular weight is 373 g/mol. The maximum Gasteiger partial charge on any atom is 0.416 e. The first-order valence-electron chi connectivity index (χ1n) is 6.58. The number of hydrogen-bond donors (Lipinski definition) is 2. The zero-order valence-electron chi connectivity index (χ0n) is 12.3. The van der Waals surface area contributed by atoms with Crippen LogP contribution in [0.15, 0.2) is 23.1 Å². The van der Waals surface area contributed by atoms with Crippen molar-refractivity contribution in [3.05, 3.63) is 28.8 Å². The van der Waals surface area contributed by atoms with Crippen LogP contribution in [0.1, 0.15) is 25.8 Å². The lowest BCUT2D eigenvalue weighted by atomic mass is 10.00. The van der Waals surface area contributed by atoms with Gasteiger partial charge in [0.05, 0.1) is 10.6 Å². The van der Waals surface area contributed by atoms with Crippen molar-refractivity contribution in [1.82, 2.24) is 4.72 Å². The topological polar surface area (TPSA) is 89.3 Å². The fourth-order valence-corrected chi connectivity index (χ4v) is 3.65. The first-order valence-corrected chi connectivity index (χ1v) is 8.44. The third-order valence-corrected chi connectivity index (χ3v) is 5.27.